The van der Waals surface area contributed by atoms with E-state index in [2.05, 4.69) is 19.2 Å². The Kier molecular flexibility index (Phi) is 4.30. The van der Waals surface area contributed by atoms with Crippen molar-refractivity contribution in [1.82, 2.24) is 5.32 Å². The second kappa shape index (κ2) is 5.78. The van der Waals surface area contributed by atoms with Crippen LogP contribution in [0.5, 0.6) is 0 Å². The molecule has 3 atom stereocenters. The zero-order valence-corrected chi connectivity index (χ0v) is 11.9. The molecule has 1 heterocycles. The molecule has 1 aliphatic carbocycles. The Hall–Kier alpha value is -1.29. The van der Waals surface area contributed by atoms with E-state index in [1.165, 1.54) is 19.3 Å². The van der Waals surface area contributed by atoms with E-state index in [1.54, 1.807) is 6.07 Å². The van der Waals surface area contributed by atoms with Crippen LogP contribution in [0.25, 0.3) is 0 Å². The second-order valence-electron chi connectivity index (χ2n) is 5.59. The number of rotatable bonds is 5. The topological polar surface area (TPSA) is 62.5 Å². The normalized spacial score (nSPS) is 26.8. The highest BCUT2D eigenvalue weighted by Crippen LogP contribution is 2.34. The molecule has 0 aliphatic heterocycles. The molecule has 2 N–H and O–H groups in total. The second-order valence-corrected chi connectivity index (χ2v) is 5.59. The number of carboxylic acid groups (broad SMARTS) is 1. The van der Waals surface area contributed by atoms with Gasteiger partial charge in [-0.1, -0.05) is 20.3 Å². The summed E-state index contributed by atoms with van der Waals surface area (Å²) >= 11 is 0. The van der Waals surface area contributed by atoms with E-state index in [0.717, 1.165) is 11.5 Å². The molecule has 4 nitrogen and oxygen atoms in total. The van der Waals surface area contributed by atoms with E-state index in [9.17, 15) is 4.79 Å². The molecule has 4 heteroatoms. The lowest BCUT2D eigenvalue weighted by Gasteiger charge is -2.20. The van der Waals surface area contributed by atoms with Crippen LogP contribution in [0.4, 0.5) is 0 Å². The highest BCUT2D eigenvalue weighted by atomic mass is 16.4. The summed E-state index contributed by atoms with van der Waals surface area (Å²) in [6.45, 7) is 7.07. The zero-order valence-electron chi connectivity index (χ0n) is 11.9. The number of hydrogen-bond acceptors (Lipinski definition) is 3. The molecule has 19 heavy (non-hydrogen) atoms. The van der Waals surface area contributed by atoms with E-state index < -0.39 is 5.97 Å². The summed E-state index contributed by atoms with van der Waals surface area (Å²) in [5, 5.41) is 12.4. The Bertz CT molecular complexity index is 452. The van der Waals surface area contributed by atoms with Crippen molar-refractivity contribution in [2.24, 2.45) is 11.8 Å². The van der Waals surface area contributed by atoms with Gasteiger partial charge in [0.1, 0.15) is 5.76 Å². The maximum absolute atomic E-state index is 10.8. The van der Waals surface area contributed by atoms with Crippen LogP contribution in [0, 0.1) is 18.8 Å². The van der Waals surface area contributed by atoms with E-state index in [4.69, 9.17) is 9.52 Å². The van der Waals surface area contributed by atoms with E-state index in [-0.39, 0.29) is 5.76 Å². The van der Waals surface area contributed by atoms with Gasteiger partial charge in [-0.3, -0.25) is 0 Å². The maximum Gasteiger partial charge on any atom is 0.371 e. The van der Waals surface area contributed by atoms with Crippen molar-refractivity contribution in [3.63, 3.8) is 0 Å². The van der Waals surface area contributed by atoms with Crippen LogP contribution in [0.1, 0.15) is 55.0 Å². The molecular weight excluding hydrogens is 242 g/mol. The number of carboxylic acids is 1. The third-order valence-electron chi connectivity index (χ3n) is 4.54. The Balaban J connectivity index is 1.94. The Morgan fingerprint density at radius 2 is 2.26 bits per heavy atom. The molecule has 1 saturated carbocycles. The molecule has 0 spiro atoms. The van der Waals surface area contributed by atoms with Gasteiger partial charge in [-0.15, -0.1) is 0 Å². The molecule has 0 bridgehead atoms. The van der Waals surface area contributed by atoms with Gasteiger partial charge < -0.3 is 14.8 Å². The van der Waals surface area contributed by atoms with Crippen molar-refractivity contribution in [3.8, 4) is 0 Å². The summed E-state index contributed by atoms with van der Waals surface area (Å²) in [4.78, 5) is 10.8. The lowest BCUT2D eigenvalue weighted by Crippen LogP contribution is -2.32. The maximum atomic E-state index is 10.8. The molecule has 1 aromatic heterocycles. The van der Waals surface area contributed by atoms with Gasteiger partial charge in [-0.25, -0.2) is 4.79 Å². The largest absolute Gasteiger partial charge is 0.475 e. The van der Waals surface area contributed by atoms with Gasteiger partial charge in [0.05, 0.1) is 0 Å². The first-order chi connectivity index (χ1) is 9.02. The summed E-state index contributed by atoms with van der Waals surface area (Å²) in [7, 11) is 0. The smallest absolute Gasteiger partial charge is 0.371 e. The average Bonchev–Trinajstić information content (AvgIpc) is 2.91. The number of furan rings is 1. The predicted octanol–water partition coefficient (Wildman–Crippen LogP) is 3.20. The highest BCUT2D eigenvalue weighted by molar-refractivity contribution is 5.84. The molecule has 106 valence electrons. The number of hydrogen-bond donors (Lipinski definition) is 2. The number of aryl methyl sites for hydroxylation is 1. The van der Waals surface area contributed by atoms with Crippen LogP contribution in [0.2, 0.25) is 0 Å². The summed E-state index contributed by atoms with van der Waals surface area (Å²) in [6.07, 6.45) is 3.75. The SMILES string of the molecule is CCC1CCC(NCc2cc(C(=O)O)oc2C)C1C. The Morgan fingerprint density at radius 1 is 1.53 bits per heavy atom. The predicted molar refractivity (Wildman–Crippen MR) is 73.2 cm³/mol. The van der Waals surface area contributed by atoms with Gasteiger partial charge in [0.15, 0.2) is 0 Å². The monoisotopic (exact) mass is 265 g/mol. The summed E-state index contributed by atoms with van der Waals surface area (Å²) in [5.41, 5.74) is 0.949. The molecule has 1 fully saturated rings. The van der Waals surface area contributed by atoms with Crippen LogP contribution in [0.15, 0.2) is 10.5 Å². The van der Waals surface area contributed by atoms with Crippen molar-refractivity contribution in [1.29, 1.82) is 0 Å². The minimum absolute atomic E-state index is 0.0280. The standard InChI is InChI=1S/C15H23NO3/c1-4-11-5-6-13(9(11)2)16-8-12-7-14(15(17)18)19-10(12)3/h7,9,11,13,16H,4-6,8H2,1-3H3,(H,17,18). The van der Waals surface area contributed by atoms with Gasteiger partial charge in [-0.2, -0.15) is 0 Å². The molecule has 0 amide bonds. The van der Waals surface area contributed by atoms with Crippen molar-refractivity contribution in [2.75, 3.05) is 0 Å². The first-order valence-electron chi connectivity index (χ1n) is 7.08. The fraction of sp³-hybridized carbons (Fsp3) is 0.667. The van der Waals surface area contributed by atoms with Crippen LogP contribution >= 0.6 is 0 Å². The van der Waals surface area contributed by atoms with Gasteiger partial charge in [-0.05, 0) is 37.7 Å². The van der Waals surface area contributed by atoms with Gasteiger partial charge in [0.2, 0.25) is 5.76 Å². The first kappa shape index (κ1) is 14.1. The molecule has 2 rings (SSSR count). The molecule has 0 radical (unpaired) electrons. The first-order valence-corrected chi connectivity index (χ1v) is 7.08. The lowest BCUT2D eigenvalue weighted by molar-refractivity contribution is 0.0661. The van der Waals surface area contributed by atoms with E-state index >= 15 is 0 Å². The van der Waals surface area contributed by atoms with Crippen LogP contribution < -0.4 is 5.32 Å². The van der Waals surface area contributed by atoms with Crippen molar-refractivity contribution in [3.05, 3.63) is 23.2 Å². The molecule has 0 aromatic carbocycles. The lowest BCUT2D eigenvalue weighted by atomic mass is 9.93. The molecule has 1 aromatic rings. The van der Waals surface area contributed by atoms with Crippen molar-refractivity contribution >= 4 is 5.97 Å². The van der Waals surface area contributed by atoms with Crippen LogP contribution in [-0.2, 0) is 6.54 Å². The number of carbonyl (C=O) groups is 1. The van der Waals surface area contributed by atoms with Gasteiger partial charge in [0, 0.05) is 18.2 Å². The molecule has 1 aliphatic rings. The third-order valence-corrected chi connectivity index (χ3v) is 4.54. The van der Waals surface area contributed by atoms with Crippen LogP contribution in [-0.4, -0.2) is 17.1 Å². The van der Waals surface area contributed by atoms with Gasteiger partial charge >= 0.3 is 5.97 Å². The fourth-order valence-corrected chi connectivity index (χ4v) is 3.15. The zero-order chi connectivity index (χ0) is 14.0. The minimum Gasteiger partial charge on any atom is -0.475 e. The number of nitrogens with one attached hydrogen (secondary N) is 1. The Labute approximate surface area is 114 Å². The fourth-order valence-electron chi connectivity index (χ4n) is 3.15. The van der Waals surface area contributed by atoms with Crippen LogP contribution in [0.3, 0.4) is 0 Å². The minimum atomic E-state index is -1.00. The third kappa shape index (κ3) is 3.00. The van der Waals surface area contributed by atoms with Gasteiger partial charge in [0.25, 0.3) is 0 Å². The van der Waals surface area contributed by atoms with E-state index in [0.29, 0.717) is 24.3 Å². The summed E-state index contributed by atoms with van der Waals surface area (Å²) < 4.78 is 5.22. The molecule has 0 saturated heterocycles. The molecule has 3 unspecified atom stereocenters. The van der Waals surface area contributed by atoms with E-state index in [1.807, 2.05) is 6.92 Å². The average molecular weight is 265 g/mol. The summed E-state index contributed by atoms with van der Waals surface area (Å²) in [5.74, 6) is 1.23. The molecular formula is C15H23NO3. The van der Waals surface area contributed by atoms with Crippen molar-refractivity contribution in [2.45, 2.75) is 52.6 Å². The number of aromatic carboxylic acids is 1. The highest BCUT2D eigenvalue weighted by Gasteiger charge is 2.31. The summed E-state index contributed by atoms with van der Waals surface area (Å²) in [6, 6.07) is 2.16. The Morgan fingerprint density at radius 3 is 2.79 bits per heavy atom. The quantitative estimate of drug-likeness (QED) is 0.858. The van der Waals surface area contributed by atoms with Crippen molar-refractivity contribution < 1.29 is 14.3 Å².